The lowest BCUT2D eigenvalue weighted by atomic mass is 10.0. The van der Waals surface area contributed by atoms with Crippen LogP contribution in [-0.2, 0) is 0 Å². The zero-order valence-corrected chi connectivity index (χ0v) is 11.7. The Morgan fingerprint density at radius 1 is 1.14 bits per heavy atom. The van der Waals surface area contributed by atoms with Crippen molar-refractivity contribution < 1.29 is 0 Å². The van der Waals surface area contributed by atoms with Gasteiger partial charge in [-0.3, -0.25) is 0 Å². The molecule has 84 valence electrons. The summed E-state index contributed by atoms with van der Waals surface area (Å²) in [7, 11) is 0. The van der Waals surface area contributed by atoms with Gasteiger partial charge in [0.15, 0.2) is 0 Å². The predicted octanol–water partition coefficient (Wildman–Crippen LogP) is 3.76. The van der Waals surface area contributed by atoms with Crippen LogP contribution in [0.1, 0.15) is 52.4 Å². The second-order valence-corrected chi connectivity index (χ2v) is 5.74. The Labute approximate surface area is 103 Å². The van der Waals surface area contributed by atoms with Crippen LogP contribution in [0.2, 0.25) is 0 Å². The fourth-order valence-corrected chi connectivity index (χ4v) is 3.44. The van der Waals surface area contributed by atoms with Gasteiger partial charge >= 0.3 is 0 Å². The van der Waals surface area contributed by atoms with E-state index in [1.165, 1.54) is 43.0 Å². The SMILES string of the molecule is CC(C)C(CI)NC1CCCCCC1. The van der Waals surface area contributed by atoms with Gasteiger partial charge in [-0.05, 0) is 18.8 Å². The minimum atomic E-state index is 0.721. The van der Waals surface area contributed by atoms with E-state index in [2.05, 4.69) is 41.8 Å². The first-order valence-corrected chi connectivity index (χ1v) is 7.58. The molecule has 1 aliphatic carbocycles. The molecule has 1 unspecified atom stereocenters. The third-order valence-corrected chi connectivity index (χ3v) is 4.22. The lowest BCUT2D eigenvalue weighted by Crippen LogP contribution is -2.42. The summed E-state index contributed by atoms with van der Waals surface area (Å²) in [5, 5.41) is 3.84. The van der Waals surface area contributed by atoms with Gasteiger partial charge < -0.3 is 5.32 Å². The monoisotopic (exact) mass is 309 g/mol. The highest BCUT2D eigenvalue weighted by atomic mass is 127. The Balaban J connectivity index is 2.32. The minimum absolute atomic E-state index is 0.721. The molecule has 0 aromatic heterocycles. The molecule has 0 aromatic carbocycles. The molecule has 0 aliphatic heterocycles. The molecule has 0 aromatic rings. The van der Waals surface area contributed by atoms with Gasteiger partial charge in [-0.15, -0.1) is 0 Å². The Bertz CT molecular complexity index is 139. The lowest BCUT2D eigenvalue weighted by molar-refractivity contribution is 0.356. The quantitative estimate of drug-likeness (QED) is 0.474. The molecular formula is C12H24IN. The summed E-state index contributed by atoms with van der Waals surface area (Å²) in [6.45, 7) is 4.65. The first-order chi connectivity index (χ1) is 6.74. The third-order valence-electron chi connectivity index (χ3n) is 3.28. The van der Waals surface area contributed by atoms with Crippen molar-refractivity contribution in [3.63, 3.8) is 0 Å². The molecule has 0 spiro atoms. The number of nitrogens with one attached hydrogen (secondary N) is 1. The molecule has 0 saturated heterocycles. The topological polar surface area (TPSA) is 12.0 Å². The van der Waals surface area contributed by atoms with Crippen LogP contribution in [0.5, 0.6) is 0 Å². The van der Waals surface area contributed by atoms with Crippen LogP contribution in [0.4, 0.5) is 0 Å². The Morgan fingerprint density at radius 2 is 1.71 bits per heavy atom. The van der Waals surface area contributed by atoms with Crippen LogP contribution in [0.25, 0.3) is 0 Å². The zero-order valence-electron chi connectivity index (χ0n) is 9.56. The average molecular weight is 309 g/mol. The van der Waals surface area contributed by atoms with Crippen LogP contribution in [-0.4, -0.2) is 16.5 Å². The van der Waals surface area contributed by atoms with E-state index in [-0.39, 0.29) is 0 Å². The molecule has 0 heterocycles. The van der Waals surface area contributed by atoms with E-state index in [1.54, 1.807) is 0 Å². The minimum Gasteiger partial charge on any atom is -0.310 e. The van der Waals surface area contributed by atoms with E-state index in [0.717, 1.165) is 18.0 Å². The van der Waals surface area contributed by atoms with E-state index in [4.69, 9.17) is 0 Å². The summed E-state index contributed by atoms with van der Waals surface area (Å²) in [4.78, 5) is 0. The second kappa shape index (κ2) is 7.04. The maximum absolute atomic E-state index is 3.84. The van der Waals surface area contributed by atoms with Crippen molar-refractivity contribution >= 4 is 22.6 Å². The van der Waals surface area contributed by atoms with Crippen LogP contribution in [0, 0.1) is 5.92 Å². The van der Waals surface area contributed by atoms with E-state index in [9.17, 15) is 0 Å². The molecule has 1 N–H and O–H groups in total. The highest BCUT2D eigenvalue weighted by Crippen LogP contribution is 2.19. The Morgan fingerprint density at radius 3 is 2.14 bits per heavy atom. The van der Waals surface area contributed by atoms with Gasteiger partial charge in [-0.2, -0.15) is 0 Å². The number of rotatable bonds is 4. The molecule has 0 amide bonds. The molecule has 1 saturated carbocycles. The summed E-state index contributed by atoms with van der Waals surface area (Å²) in [5.41, 5.74) is 0. The maximum Gasteiger partial charge on any atom is 0.0182 e. The molecular weight excluding hydrogens is 285 g/mol. The van der Waals surface area contributed by atoms with Gasteiger partial charge in [-0.1, -0.05) is 62.1 Å². The molecule has 0 radical (unpaired) electrons. The Kier molecular flexibility index (Phi) is 6.42. The van der Waals surface area contributed by atoms with Gasteiger partial charge in [0.2, 0.25) is 0 Å². The van der Waals surface area contributed by atoms with Gasteiger partial charge in [0.25, 0.3) is 0 Å². The summed E-state index contributed by atoms with van der Waals surface area (Å²) < 4.78 is 1.24. The van der Waals surface area contributed by atoms with E-state index in [0.29, 0.717) is 0 Å². The summed E-state index contributed by atoms with van der Waals surface area (Å²) in [5.74, 6) is 0.773. The fourth-order valence-electron chi connectivity index (χ4n) is 2.16. The third kappa shape index (κ3) is 4.47. The van der Waals surface area contributed by atoms with E-state index in [1.807, 2.05) is 0 Å². The van der Waals surface area contributed by atoms with Crippen molar-refractivity contribution in [1.29, 1.82) is 0 Å². The highest BCUT2D eigenvalue weighted by molar-refractivity contribution is 14.1. The van der Waals surface area contributed by atoms with Crippen LogP contribution >= 0.6 is 22.6 Å². The lowest BCUT2D eigenvalue weighted by Gasteiger charge is -2.26. The van der Waals surface area contributed by atoms with E-state index < -0.39 is 0 Å². The first-order valence-electron chi connectivity index (χ1n) is 6.06. The number of hydrogen-bond acceptors (Lipinski definition) is 1. The molecule has 2 heteroatoms. The number of hydrogen-bond donors (Lipinski definition) is 1. The fraction of sp³-hybridized carbons (Fsp3) is 1.00. The Hall–Kier alpha value is 0.690. The van der Waals surface area contributed by atoms with Gasteiger partial charge in [0.1, 0.15) is 0 Å². The highest BCUT2D eigenvalue weighted by Gasteiger charge is 2.18. The molecule has 1 nitrogen and oxygen atoms in total. The van der Waals surface area contributed by atoms with Gasteiger partial charge in [-0.25, -0.2) is 0 Å². The van der Waals surface area contributed by atoms with Gasteiger partial charge in [0, 0.05) is 16.5 Å². The molecule has 1 fully saturated rings. The summed E-state index contributed by atoms with van der Waals surface area (Å²) in [6, 6.07) is 1.53. The van der Waals surface area contributed by atoms with Crippen molar-refractivity contribution in [3.05, 3.63) is 0 Å². The van der Waals surface area contributed by atoms with Crippen LogP contribution in [0.3, 0.4) is 0 Å². The second-order valence-electron chi connectivity index (χ2n) is 4.86. The van der Waals surface area contributed by atoms with Gasteiger partial charge in [0.05, 0.1) is 0 Å². The van der Waals surface area contributed by atoms with Crippen molar-refractivity contribution in [2.45, 2.75) is 64.5 Å². The van der Waals surface area contributed by atoms with Crippen LogP contribution < -0.4 is 5.32 Å². The maximum atomic E-state index is 3.84. The summed E-state index contributed by atoms with van der Waals surface area (Å²) in [6.07, 6.45) is 8.58. The zero-order chi connectivity index (χ0) is 10.4. The molecule has 1 aliphatic rings. The molecule has 1 atom stereocenters. The smallest absolute Gasteiger partial charge is 0.0182 e. The largest absolute Gasteiger partial charge is 0.310 e. The molecule has 1 rings (SSSR count). The molecule has 14 heavy (non-hydrogen) atoms. The molecule has 0 bridgehead atoms. The van der Waals surface area contributed by atoms with Crippen molar-refractivity contribution in [1.82, 2.24) is 5.32 Å². The van der Waals surface area contributed by atoms with Crippen LogP contribution in [0.15, 0.2) is 0 Å². The van der Waals surface area contributed by atoms with Crippen molar-refractivity contribution in [3.8, 4) is 0 Å². The van der Waals surface area contributed by atoms with Crippen molar-refractivity contribution in [2.24, 2.45) is 5.92 Å². The number of halogens is 1. The van der Waals surface area contributed by atoms with Crippen molar-refractivity contribution in [2.75, 3.05) is 4.43 Å². The average Bonchev–Trinajstić information content (AvgIpc) is 2.41. The van der Waals surface area contributed by atoms with E-state index >= 15 is 0 Å². The normalized spacial score (nSPS) is 22.3. The predicted molar refractivity (Wildman–Crippen MR) is 72.1 cm³/mol. The first kappa shape index (κ1) is 12.8. The standard InChI is InChI=1S/C12H24IN/c1-10(2)12(9-13)14-11-7-5-3-4-6-8-11/h10-12,14H,3-9H2,1-2H3. The summed E-state index contributed by atoms with van der Waals surface area (Å²) >= 11 is 2.51. The number of alkyl halides is 1.